The van der Waals surface area contributed by atoms with Gasteiger partial charge in [-0.05, 0) is 36.2 Å². The number of amides is 1. The molecule has 116 valence electrons. The van der Waals surface area contributed by atoms with Crippen molar-refractivity contribution in [2.45, 2.75) is 6.42 Å². The summed E-state index contributed by atoms with van der Waals surface area (Å²) in [6.07, 6.45) is 0.553. The predicted molar refractivity (Wildman–Crippen MR) is 75.0 cm³/mol. The maximum atomic E-state index is 12.9. The van der Waals surface area contributed by atoms with Crippen LogP contribution >= 0.6 is 0 Å². The molecule has 0 spiro atoms. The highest BCUT2D eigenvalue weighted by Gasteiger charge is 2.06. The number of carbonyl (C=O) groups is 1. The molecular formula is C16H14F3NO2. The normalized spacial score (nSPS) is 10.3. The van der Waals surface area contributed by atoms with Crippen LogP contribution in [0.3, 0.4) is 0 Å². The van der Waals surface area contributed by atoms with Gasteiger partial charge in [-0.25, -0.2) is 13.2 Å². The third kappa shape index (κ3) is 4.80. The van der Waals surface area contributed by atoms with Gasteiger partial charge < -0.3 is 10.1 Å². The molecule has 0 saturated carbocycles. The van der Waals surface area contributed by atoms with E-state index in [0.717, 1.165) is 17.7 Å². The first kappa shape index (κ1) is 15.9. The molecule has 0 fully saturated rings. The van der Waals surface area contributed by atoms with E-state index in [1.165, 1.54) is 18.2 Å². The Morgan fingerprint density at radius 3 is 2.41 bits per heavy atom. The molecule has 3 nitrogen and oxygen atoms in total. The van der Waals surface area contributed by atoms with E-state index >= 15 is 0 Å². The zero-order valence-corrected chi connectivity index (χ0v) is 11.6. The predicted octanol–water partition coefficient (Wildman–Crippen LogP) is 2.84. The molecule has 0 aliphatic carbocycles. The van der Waals surface area contributed by atoms with Gasteiger partial charge in [0.05, 0.1) is 0 Å². The van der Waals surface area contributed by atoms with Crippen molar-refractivity contribution in [3.05, 3.63) is 65.5 Å². The maximum Gasteiger partial charge on any atom is 0.257 e. The van der Waals surface area contributed by atoms with Crippen LogP contribution in [0.25, 0.3) is 0 Å². The van der Waals surface area contributed by atoms with E-state index < -0.39 is 11.6 Å². The van der Waals surface area contributed by atoms with Crippen LogP contribution in [0.2, 0.25) is 0 Å². The van der Waals surface area contributed by atoms with Crippen molar-refractivity contribution in [2.75, 3.05) is 13.2 Å². The Hall–Kier alpha value is -2.50. The lowest BCUT2D eigenvalue weighted by molar-refractivity contribution is -0.123. The number of ether oxygens (including phenoxy) is 1. The highest BCUT2D eigenvalue weighted by molar-refractivity contribution is 5.77. The fraction of sp³-hybridized carbons (Fsp3) is 0.188. The third-order valence-electron chi connectivity index (χ3n) is 2.91. The molecule has 0 bridgehead atoms. The molecule has 0 aliphatic rings. The number of hydrogen-bond acceptors (Lipinski definition) is 2. The highest BCUT2D eigenvalue weighted by atomic mass is 19.2. The number of benzene rings is 2. The van der Waals surface area contributed by atoms with Gasteiger partial charge in [0.25, 0.3) is 5.91 Å². The summed E-state index contributed by atoms with van der Waals surface area (Å²) in [6.45, 7) is 0.0695. The summed E-state index contributed by atoms with van der Waals surface area (Å²) in [5.74, 6) is -2.63. The van der Waals surface area contributed by atoms with Crippen molar-refractivity contribution in [3.8, 4) is 5.75 Å². The summed E-state index contributed by atoms with van der Waals surface area (Å²) in [6, 6.07) is 9.02. The largest absolute Gasteiger partial charge is 0.484 e. The second-order valence-electron chi connectivity index (χ2n) is 4.59. The van der Waals surface area contributed by atoms with Crippen LogP contribution < -0.4 is 10.1 Å². The van der Waals surface area contributed by atoms with Crippen molar-refractivity contribution >= 4 is 5.91 Å². The van der Waals surface area contributed by atoms with Gasteiger partial charge in [-0.1, -0.05) is 12.1 Å². The fourth-order valence-corrected chi connectivity index (χ4v) is 1.76. The smallest absolute Gasteiger partial charge is 0.257 e. The molecule has 2 rings (SSSR count). The van der Waals surface area contributed by atoms with Gasteiger partial charge in [0.1, 0.15) is 11.6 Å². The molecule has 0 saturated heterocycles. The third-order valence-corrected chi connectivity index (χ3v) is 2.91. The first-order chi connectivity index (χ1) is 10.5. The molecule has 6 heteroatoms. The zero-order valence-electron chi connectivity index (χ0n) is 11.6. The zero-order chi connectivity index (χ0) is 15.9. The van der Waals surface area contributed by atoms with Crippen molar-refractivity contribution in [1.29, 1.82) is 0 Å². The van der Waals surface area contributed by atoms with Gasteiger partial charge in [0, 0.05) is 12.6 Å². The number of carbonyl (C=O) groups excluding carboxylic acids is 1. The highest BCUT2D eigenvalue weighted by Crippen LogP contribution is 2.15. The van der Waals surface area contributed by atoms with Crippen LogP contribution in [-0.2, 0) is 11.2 Å². The average molecular weight is 309 g/mol. The van der Waals surface area contributed by atoms with Crippen LogP contribution in [-0.4, -0.2) is 19.1 Å². The van der Waals surface area contributed by atoms with E-state index in [-0.39, 0.29) is 24.1 Å². The molecule has 22 heavy (non-hydrogen) atoms. The quantitative estimate of drug-likeness (QED) is 0.891. The summed E-state index contributed by atoms with van der Waals surface area (Å²) in [5, 5.41) is 2.62. The van der Waals surface area contributed by atoms with Crippen molar-refractivity contribution < 1.29 is 22.7 Å². The second-order valence-corrected chi connectivity index (χ2v) is 4.59. The van der Waals surface area contributed by atoms with Crippen molar-refractivity contribution in [3.63, 3.8) is 0 Å². The van der Waals surface area contributed by atoms with Gasteiger partial charge in [0.15, 0.2) is 18.2 Å². The Kier molecular flexibility index (Phi) is 5.41. The SMILES string of the molecule is O=C(COc1ccc(F)c(F)c1)NCCc1ccc(F)cc1. The standard InChI is InChI=1S/C16H14F3NO2/c17-12-3-1-11(2-4-12)7-8-20-16(21)10-22-13-5-6-14(18)15(19)9-13/h1-6,9H,7-8,10H2,(H,20,21). The monoisotopic (exact) mass is 309 g/mol. The number of hydrogen-bond donors (Lipinski definition) is 1. The molecular weight excluding hydrogens is 295 g/mol. The minimum absolute atomic E-state index is 0.0765. The number of halogens is 3. The Morgan fingerprint density at radius 2 is 1.73 bits per heavy atom. The van der Waals surface area contributed by atoms with Gasteiger partial charge in [0.2, 0.25) is 0 Å². The lowest BCUT2D eigenvalue weighted by Crippen LogP contribution is -2.30. The number of nitrogens with one attached hydrogen (secondary N) is 1. The van der Waals surface area contributed by atoms with Gasteiger partial charge in [-0.15, -0.1) is 0 Å². The lowest BCUT2D eigenvalue weighted by atomic mass is 10.1. The topological polar surface area (TPSA) is 38.3 Å². The summed E-state index contributed by atoms with van der Waals surface area (Å²) >= 11 is 0. The molecule has 1 amide bonds. The number of rotatable bonds is 6. The maximum absolute atomic E-state index is 12.9. The van der Waals surface area contributed by atoms with E-state index in [1.54, 1.807) is 12.1 Å². The van der Waals surface area contributed by atoms with Crippen LogP contribution in [0, 0.1) is 17.5 Å². The van der Waals surface area contributed by atoms with Crippen LogP contribution in [0.4, 0.5) is 13.2 Å². The summed E-state index contributed by atoms with van der Waals surface area (Å²) in [7, 11) is 0. The van der Waals surface area contributed by atoms with E-state index in [4.69, 9.17) is 4.74 Å². The Morgan fingerprint density at radius 1 is 1.00 bits per heavy atom. The average Bonchev–Trinajstić information content (AvgIpc) is 2.50. The lowest BCUT2D eigenvalue weighted by Gasteiger charge is -2.08. The Balaban J connectivity index is 1.71. The molecule has 0 aromatic heterocycles. The minimum atomic E-state index is -1.03. The molecule has 2 aromatic rings. The van der Waals surface area contributed by atoms with E-state index in [2.05, 4.69) is 5.32 Å². The molecule has 0 atom stereocenters. The van der Waals surface area contributed by atoms with Crippen LogP contribution in [0.5, 0.6) is 5.75 Å². The summed E-state index contributed by atoms with van der Waals surface area (Å²) < 4.78 is 43.4. The van der Waals surface area contributed by atoms with E-state index in [1.807, 2.05) is 0 Å². The molecule has 0 unspecified atom stereocenters. The Labute approximate surface area is 125 Å². The molecule has 1 N–H and O–H groups in total. The van der Waals surface area contributed by atoms with E-state index in [0.29, 0.717) is 13.0 Å². The molecule has 0 heterocycles. The van der Waals surface area contributed by atoms with Gasteiger partial charge in [-0.3, -0.25) is 4.79 Å². The van der Waals surface area contributed by atoms with E-state index in [9.17, 15) is 18.0 Å². The fourth-order valence-electron chi connectivity index (χ4n) is 1.76. The van der Waals surface area contributed by atoms with Gasteiger partial charge in [-0.2, -0.15) is 0 Å². The molecule has 0 aliphatic heterocycles. The Bertz CT molecular complexity index is 644. The minimum Gasteiger partial charge on any atom is -0.484 e. The second kappa shape index (κ2) is 7.49. The van der Waals surface area contributed by atoms with Crippen molar-refractivity contribution in [1.82, 2.24) is 5.32 Å². The molecule has 0 radical (unpaired) electrons. The van der Waals surface area contributed by atoms with Crippen LogP contribution in [0.1, 0.15) is 5.56 Å². The molecule has 2 aromatic carbocycles. The first-order valence-electron chi connectivity index (χ1n) is 6.63. The first-order valence-corrected chi connectivity index (χ1v) is 6.63. The van der Waals surface area contributed by atoms with Crippen molar-refractivity contribution in [2.24, 2.45) is 0 Å². The summed E-state index contributed by atoms with van der Waals surface area (Å²) in [5.41, 5.74) is 0.892. The van der Waals surface area contributed by atoms with Crippen LogP contribution in [0.15, 0.2) is 42.5 Å². The summed E-state index contributed by atoms with van der Waals surface area (Å²) in [4.78, 5) is 11.5. The van der Waals surface area contributed by atoms with Gasteiger partial charge >= 0.3 is 0 Å².